The summed E-state index contributed by atoms with van der Waals surface area (Å²) in [6.45, 7) is 2.93. The second-order valence-electron chi connectivity index (χ2n) is 5.77. The summed E-state index contributed by atoms with van der Waals surface area (Å²) in [5, 5.41) is 4.82. The molecule has 2 aromatic rings. The number of halogens is 2. The zero-order valence-electron chi connectivity index (χ0n) is 14.5. The lowest BCUT2D eigenvalue weighted by Crippen LogP contribution is -2.19. The van der Waals surface area contributed by atoms with Crippen molar-refractivity contribution in [1.29, 1.82) is 0 Å². The Kier molecular flexibility index (Phi) is 5.99. The van der Waals surface area contributed by atoms with Crippen LogP contribution < -0.4 is 14.1 Å². The number of hydrogen-bond acceptors (Lipinski definition) is 4. The molecule has 8 heteroatoms. The third kappa shape index (κ3) is 5.53. The number of ether oxygens (including phenoxy) is 1. The Hall–Kier alpha value is -2.45. The third-order valence-electron chi connectivity index (χ3n) is 3.81. The van der Waals surface area contributed by atoms with Crippen LogP contribution in [0.1, 0.15) is 27.8 Å². The van der Waals surface area contributed by atoms with E-state index in [4.69, 9.17) is 5.14 Å². The van der Waals surface area contributed by atoms with Gasteiger partial charge in [0, 0.05) is 0 Å². The Labute approximate surface area is 151 Å². The lowest BCUT2D eigenvalue weighted by molar-refractivity contribution is -0.0507. The number of benzene rings is 2. The molecule has 2 rings (SSSR count). The fourth-order valence-corrected chi connectivity index (χ4v) is 2.75. The molecule has 0 bridgehead atoms. The van der Waals surface area contributed by atoms with E-state index in [-0.39, 0.29) is 0 Å². The van der Waals surface area contributed by atoms with Gasteiger partial charge in [-0.05, 0) is 60.7 Å². The minimum absolute atomic E-state index is 0.411. The summed E-state index contributed by atoms with van der Waals surface area (Å²) in [6.07, 6.45) is 3.52. The van der Waals surface area contributed by atoms with Crippen LogP contribution in [0.25, 0.3) is 12.2 Å². The lowest BCUT2D eigenvalue weighted by atomic mass is 10.00. The van der Waals surface area contributed by atoms with Crippen LogP contribution in [0.2, 0.25) is 0 Å². The molecule has 0 aliphatic heterocycles. The van der Waals surface area contributed by atoms with Crippen molar-refractivity contribution in [1.82, 2.24) is 0 Å². The van der Waals surface area contributed by atoms with E-state index < -0.39 is 28.4 Å². The molecular formula is C18H19F2NO4S. The maximum Gasteiger partial charge on any atom is 0.387 e. The highest BCUT2D eigenvalue weighted by atomic mass is 32.2. The number of hydrogen-bond donors (Lipinski definition) is 1. The summed E-state index contributed by atoms with van der Waals surface area (Å²) >= 11 is 0. The zero-order valence-corrected chi connectivity index (χ0v) is 15.3. The molecule has 26 heavy (non-hydrogen) atoms. The van der Waals surface area contributed by atoms with E-state index in [9.17, 15) is 17.2 Å². The van der Waals surface area contributed by atoms with Crippen LogP contribution >= 0.6 is 0 Å². The minimum Gasteiger partial charge on any atom is -0.431 e. The van der Waals surface area contributed by atoms with Gasteiger partial charge in [-0.2, -0.15) is 22.3 Å². The van der Waals surface area contributed by atoms with Gasteiger partial charge in [0.2, 0.25) is 0 Å². The number of alkyl halides is 2. The Morgan fingerprint density at radius 3 is 2.08 bits per heavy atom. The van der Waals surface area contributed by atoms with E-state index in [1.165, 1.54) is 23.8 Å². The van der Waals surface area contributed by atoms with E-state index in [2.05, 4.69) is 8.92 Å². The Balaban J connectivity index is 2.36. The van der Waals surface area contributed by atoms with Crippen molar-refractivity contribution in [2.45, 2.75) is 27.4 Å². The maximum absolute atomic E-state index is 12.4. The van der Waals surface area contributed by atoms with Crippen molar-refractivity contribution >= 4 is 22.5 Å². The van der Waals surface area contributed by atoms with Gasteiger partial charge in [-0.15, -0.1) is 0 Å². The molecule has 0 radical (unpaired) electrons. The van der Waals surface area contributed by atoms with Gasteiger partial charge in [-0.3, -0.25) is 0 Å². The SMILES string of the molecule is Cc1cc(/C=C/c2ccc(OC(F)F)c(OS(N)(=O)=O)c2)cc(C)c1C. The van der Waals surface area contributed by atoms with Gasteiger partial charge >= 0.3 is 16.9 Å². The summed E-state index contributed by atoms with van der Waals surface area (Å²) in [7, 11) is -4.38. The van der Waals surface area contributed by atoms with Crippen molar-refractivity contribution in [2.24, 2.45) is 5.14 Å². The third-order valence-corrected chi connectivity index (χ3v) is 4.22. The molecule has 0 atom stereocenters. The summed E-state index contributed by atoms with van der Waals surface area (Å²) in [6, 6.07) is 7.96. The van der Waals surface area contributed by atoms with E-state index in [0.717, 1.165) is 16.7 Å². The van der Waals surface area contributed by atoms with Gasteiger partial charge in [0.15, 0.2) is 11.5 Å². The highest BCUT2D eigenvalue weighted by Crippen LogP contribution is 2.31. The fourth-order valence-electron chi connectivity index (χ4n) is 2.37. The van der Waals surface area contributed by atoms with Crippen molar-refractivity contribution in [3.63, 3.8) is 0 Å². The van der Waals surface area contributed by atoms with Crippen molar-refractivity contribution in [3.8, 4) is 11.5 Å². The van der Waals surface area contributed by atoms with Crippen molar-refractivity contribution in [3.05, 3.63) is 58.1 Å². The van der Waals surface area contributed by atoms with Crippen LogP contribution in [0.15, 0.2) is 30.3 Å². The molecule has 0 fully saturated rings. The van der Waals surface area contributed by atoms with E-state index in [1.807, 2.05) is 39.0 Å². The average molecular weight is 383 g/mol. The topological polar surface area (TPSA) is 78.6 Å². The van der Waals surface area contributed by atoms with Crippen LogP contribution in [0.4, 0.5) is 8.78 Å². The quantitative estimate of drug-likeness (QED) is 0.766. The number of nitrogens with two attached hydrogens (primary N) is 1. The van der Waals surface area contributed by atoms with Gasteiger partial charge in [0.25, 0.3) is 0 Å². The predicted molar refractivity (Wildman–Crippen MR) is 96.4 cm³/mol. The van der Waals surface area contributed by atoms with Crippen molar-refractivity contribution in [2.75, 3.05) is 0 Å². The fraction of sp³-hybridized carbons (Fsp3) is 0.222. The molecule has 0 saturated heterocycles. The van der Waals surface area contributed by atoms with Gasteiger partial charge in [0.1, 0.15) is 0 Å². The van der Waals surface area contributed by atoms with Crippen LogP contribution in [0.3, 0.4) is 0 Å². The second-order valence-corrected chi connectivity index (χ2v) is 6.93. The second kappa shape index (κ2) is 7.84. The maximum atomic E-state index is 12.4. The van der Waals surface area contributed by atoms with Gasteiger partial charge in [-0.1, -0.05) is 30.4 Å². The lowest BCUT2D eigenvalue weighted by Gasteiger charge is -2.11. The minimum atomic E-state index is -4.38. The smallest absolute Gasteiger partial charge is 0.387 e. The molecule has 0 heterocycles. The Morgan fingerprint density at radius 2 is 1.54 bits per heavy atom. The summed E-state index contributed by atoms with van der Waals surface area (Å²) in [5.74, 6) is -0.834. The molecule has 0 aliphatic rings. The Bertz CT molecular complexity index is 917. The normalized spacial score (nSPS) is 12.0. The summed E-state index contributed by atoms with van der Waals surface area (Å²) in [4.78, 5) is 0. The largest absolute Gasteiger partial charge is 0.431 e. The molecule has 0 spiro atoms. The Morgan fingerprint density at radius 1 is 0.962 bits per heavy atom. The molecule has 5 nitrogen and oxygen atoms in total. The first-order valence-corrected chi connectivity index (χ1v) is 9.09. The van der Waals surface area contributed by atoms with E-state index in [0.29, 0.717) is 5.56 Å². The molecule has 2 N–H and O–H groups in total. The van der Waals surface area contributed by atoms with Crippen LogP contribution in [0.5, 0.6) is 11.5 Å². The molecule has 2 aromatic carbocycles. The van der Waals surface area contributed by atoms with E-state index in [1.54, 1.807) is 6.08 Å². The molecule has 0 unspecified atom stereocenters. The first-order valence-electron chi connectivity index (χ1n) is 7.62. The molecule has 140 valence electrons. The number of aryl methyl sites for hydroxylation is 2. The number of rotatable bonds is 6. The van der Waals surface area contributed by atoms with Gasteiger partial charge < -0.3 is 8.92 Å². The standard InChI is InChI=1S/C18H19F2NO4S/c1-11-8-15(9-12(2)13(11)3)5-4-14-6-7-16(24-18(19)20)17(10-14)25-26(21,22)23/h4-10,18H,1-3H3,(H2,21,22,23)/b5-4+. The highest BCUT2D eigenvalue weighted by Gasteiger charge is 2.15. The average Bonchev–Trinajstić information content (AvgIpc) is 2.50. The van der Waals surface area contributed by atoms with Crippen LogP contribution in [-0.4, -0.2) is 15.0 Å². The first-order chi connectivity index (χ1) is 12.0. The van der Waals surface area contributed by atoms with Gasteiger partial charge in [-0.25, -0.2) is 0 Å². The molecular weight excluding hydrogens is 364 g/mol. The highest BCUT2D eigenvalue weighted by molar-refractivity contribution is 7.84. The van der Waals surface area contributed by atoms with Crippen LogP contribution in [-0.2, 0) is 10.3 Å². The van der Waals surface area contributed by atoms with E-state index >= 15 is 0 Å². The van der Waals surface area contributed by atoms with Crippen LogP contribution in [0, 0.1) is 20.8 Å². The monoisotopic (exact) mass is 383 g/mol. The summed E-state index contributed by atoms with van der Waals surface area (Å²) in [5.41, 5.74) is 4.97. The molecule has 0 saturated carbocycles. The van der Waals surface area contributed by atoms with Crippen molar-refractivity contribution < 1.29 is 26.1 Å². The molecule has 0 aliphatic carbocycles. The predicted octanol–water partition coefficient (Wildman–Crippen LogP) is 3.97. The summed E-state index contributed by atoms with van der Waals surface area (Å²) < 4.78 is 55.9. The molecule has 0 aromatic heterocycles. The zero-order chi connectivity index (χ0) is 19.5. The van der Waals surface area contributed by atoms with Gasteiger partial charge in [0.05, 0.1) is 0 Å². The molecule has 0 amide bonds. The first kappa shape index (κ1) is 19.9.